The first-order chi connectivity index (χ1) is 5.48. The molecule has 0 rings (SSSR count). The molecule has 0 fully saturated rings. The molecule has 1 unspecified atom stereocenters. The van der Waals surface area contributed by atoms with Crippen LogP contribution >= 0.6 is 0 Å². The molecule has 1 atom stereocenters. The molecule has 0 aromatic carbocycles. The van der Waals surface area contributed by atoms with E-state index in [1.165, 1.54) is 0 Å². The third-order valence-electron chi connectivity index (χ3n) is 1.55. The Morgan fingerprint density at radius 3 is 2.58 bits per heavy atom. The van der Waals surface area contributed by atoms with Gasteiger partial charge in [-0.1, -0.05) is 0 Å². The number of ether oxygens (including phenoxy) is 1. The average Bonchev–Trinajstić information content (AvgIpc) is 1.85. The zero-order valence-electron chi connectivity index (χ0n) is 8.00. The van der Waals surface area contributed by atoms with E-state index in [2.05, 4.69) is 0 Å². The summed E-state index contributed by atoms with van der Waals surface area (Å²) in [5, 5.41) is 17.9. The Kier molecular flexibility index (Phi) is 4.87. The fraction of sp³-hybridized carbons (Fsp3) is 0.889. The van der Waals surface area contributed by atoms with Gasteiger partial charge in [-0.15, -0.1) is 0 Å². The van der Waals surface area contributed by atoms with Crippen molar-refractivity contribution in [3.8, 4) is 6.07 Å². The number of hydrogen-bond acceptors (Lipinski definition) is 3. The lowest BCUT2D eigenvalue weighted by Gasteiger charge is -2.20. The van der Waals surface area contributed by atoms with Gasteiger partial charge in [0.2, 0.25) is 0 Å². The summed E-state index contributed by atoms with van der Waals surface area (Å²) < 4.78 is 5.25. The van der Waals surface area contributed by atoms with Crippen LogP contribution in [0.1, 0.15) is 33.6 Å². The van der Waals surface area contributed by atoms with Gasteiger partial charge < -0.3 is 9.84 Å². The summed E-state index contributed by atoms with van der Waals surface area (Å²) in [6.45, 7) is 6.05. The van der Waals surface area contributed by atoms with E-state index in [9.17, 15) is 5.11 Å². The summed E-state index contributed by atoms with van der Waals surface area (Å²) in [4.78, 5) is 0. The van der Waals surface area contributed by atoms with E-state index in [0.717, 1.165) is 0 Å². The van der Waals surface area contributed by atoms with E-state index in [-0.39, 0.29) is 12.5 Å². The third-order valence-corrected chi connectivity index (χ3v) is 1.55. The molecule has 0 aliphatic heterocycles. The van der Waals surface area contributed by atoms with Crippen molar-refractivity contribution < 1.29 is 9.84 Å². The summed E-state index contributed by atoms with van der Waals surface area (Å²) in [6, 6.07) is 1.94. The Morgan fingerprint density at radius 1 is 1.58 bits per heavy atom. The molecule has 0 radical (unpaired) electrons. The summed E-state index contributed by atoms with van der Waals surface area (Å²) in [5.41, 5.74) is -0.899. The standard InChI is InChI=1S/C9H17NO2/c1-8(2)12-7-5-9(3,11)4-6-10/h8,11H,4-5,7H2,1-3H3. The highest BCUT2D eigenvalue weighted by atomic mass is 16.5. The maximum Gasteiger partial charge on any atom is 0.0771 e. The maximum atomic E-state index is 9.52. The van der Waals surface area contributed by atoms with Gasteiger partial charge in [-0.3, -0.25) is 0 Å². The van der Waals surface area contributed by atoms with Gasteiger partial charge in [0.15, 0.2) is 0 Å². The molecule has 1 N–H and O–H groups in total. The van der Waals surface area contributed by atoms with Gasteiger partial charge in [0, 0.05) is 13.0 Å². The van der Waals surface area contributed by atoms with Gasteiger partial charge in [0.25, 0.3) is 0 Å². The van der Waals surface area contributed by atoms with Crippen LogP contribution < -0.4 is 0 Å². The third kappa shape index (κ3) is 6.14. The largest absolute Gasteiger partial charge is 0.389 e. The minimum Gasteiger partial charge on any atom is -0.389 e. The van der Waals surface area contributed by atoms with E-state index >= 15 is 0 Å². The molecule has 0 aliphatic carbocycles. The van der Waals surface area contributed by atoms with Crippen LogP contribution in [0.15, 0.2) is 0 Å². The molecule has 0 amide bonds. The van der Waals surface area contributed by atoms with Crippen molar-refractivity contribution in [3.05, 3.63) is 0 Å². The molecule has 12 heavy (non-hydrogen) atoms. The highest BCUT2D eigenvalue weighted by Gasteiger charge is 2.19. The first kappa shape index (κ1) is 11.4. The normalized spacial score (nSPS) is 15.7. The molecular formula is C9H17NO2. The molecule has 0 aromatic rings. The summed E-state index contributed by atoms with van der Waals surface area (Å²) in [6.07, 6.45) is 0.857. The van der Waals surface area contributed by atoms with Crippen molar-refractivity contribution in [2.45, 2.75) is 45.3 Å². The second-order valence-electron chi connectivity index (χ2n) is 3.50. The predicted molar refractivity (Wildman–Crippen MR) is 46.6 cm³/mol. The Bertz CT molecular complexity index is 158. The first-order valence-corrected chi connectivity index (χ1v) is 4.19. The fourth-order valence-electron chi connectivity index (χ4n) is 0.773. The molecule has 0 heterocycles. The zero-order chi connectivity index (χ0) is 9.61. The summed E-state index contributed by atoms with van der Waals surface area (Å²) in [5.74, 6) is 0. The lowest BCUT2D eigenvalue weighted by Crippen LogP contribution is -2.26. The maximum absolute atomic E-state index is 9.52. The van der Waals surface area contributed by atoms with Gasteiger partial charge in [0.1, 0.15) is 0 Å². The molecule has 3 heteroatoms. The van der Waals surface area contributed by atoms with E-state index in [1.807, 2.05) is 19.9 Å². The van der Waals surface area contributed by atoms with Gasteiger partial charge in [-0.05, 0) is 20.8 Å². The molecule has 0 aliphatic rings. The Balaban J connectivity index is 3.55. The van der Waals surface area contributed by atoms with Crippen molar-refractivity contribution in [1.29, 1.82) is 5.26 Å². The van der Waals surface area contributed by atoms with Crippen LogP contribution in [0.2, 0.25) is 0 Å². The van der Waals surface area contributed by atoms with Crippen molar-refractivity contribution in [2.75, 3.05) is 6.61 Å². The topological polar surface area (TPSA) is 53.2 Å². The lowest BCUT2D eigenvalue weighted by molar-refractivity contribution is 0.00153. The second-order valence-corrected chi connectivity index (χ2v) is 3.50. The minimum atomic E-state index is -0.899. The quantitative estimate of drug-likeness (QED) is 0.681. The number of aliphatic hydroxyl groups is 1. The highest BCUT2D eigenvalue weighted by molar-refractivity contribution is 4.84. The summed E-state index contributed by atoms with van der Waals surface area (Å²) >= 11 is 0. The molecule has 0 aromatic heterocycles. The molecule has 3 nitrogen and oxygen atoms in total. The van der Waals surface area contributed by atoms with Crippen LogP contribution in [0.25, 0.3) is 0 Å². The van der Waals surface area contributed by atoms with Gasteiger partial charge in [-0.2, -0.15) is 5.26 Å². The smallest absolute Gasteiger partial charge is 0.0771 e. The minimum absolute atomic E-state index is 0.161. The van der Waals surface area contributed by atoms with E-state index < -0.39 is 5.60 Å². The second kappa shape index (κ2) is 5.13. The van der Waals surface area contributed by atoms with E-state index in [1.54, 1.807) is 6.92 Å². The molecule has 0 bridgehead atoms. The van der Waals surface area contributed by atoms with Gasteiger partial charge in [0.05, 0.1) is 24.2 Å². The van der Waals surface area contributed by atoms with Crippen LogP contribution in [0, 0.1) is 11.3 Å². The average molecular weight is 171 g/mol. The highest BCUT2D eigenvalue weighted by Crippen LogP contribution is 2.13. The van der Waals surface area contributed by atoms with Crippen molar-refractivity contribution in [1.82, 2.24) is 0 Å². The zero-order valence-corrected chi connectivity index (χ0v) is 8.00. The Hall–Kier alpha value is -0.590. The molecule has 70 valence electrons. The van der Waals surface area contributed by atoms with Crippen molar-refractivity contribution in [2.24, 2.45) is 0 Å². The van der Waals surface area contributed by atoms with Gasteiger partial charge in [-0.25, -0.2) is 0 Å². The van der Waals surface area contributed by atoms with Crippen LogP contribution in [0.3, 0.4) is 0 Å². The lowest BCUT2D eigenvalue weighted by atomic mass is 10.00. The monoisotopic (exact) mass is 171 g/mol. The first-order valence-electron chi connectivity index (χ1n) is 4.19. The fourth-order valence-corrected chi connectivity index (χ4v) is 0.773. The summed E-state index contributed by atoms with van der Waals surface area (Å²) in [7, 11) is 0. The molecular weight excluding hydrogens is 154 g/mol. The molecule has 0 saturated carbocycles. The van der Waals surface area contributed by atoms with Crippen LogP contribution in [0.5, 0.6) is 0 Å². The number of rotatable bonds is 5. The van der Waals surface area contributed by atoms with E-state index in [0.29, 0.717) is 13.0 Å². The van der Waals surface area contributed by atoms with Crippen LogP contribution in [0.4, 0.5) is 0 Å². The SMILES string of the molecule is CC(C)OCCC(C)(O)CC#N. The Morgan fingerprint density at radius 2 is 2.17 bits per heavy atom. The van der Waals surface area contributed by atoms with Crippen LogP contribution in [-0.2, 0) is 4.74 Å². The van der Waals surface area contributed by atoms with Crippen molar-refractivity contribution >= 4 is 0 Å². The van der Waals surface area contributed by atoms with Gasteiger partial charge >= 0.3 is 0 Å². The molecule has 0 saturated heterocycles. The van der Waals surface area contributed by atoms with Crippen molar-refractivity contribution in [3.63, 3.8) is 0 Å². The number of nitriles is 1. The molecule has 0 spiro atoms. The predicted octanol–water partition coefficient (Wildman–Crippen LogP) is 1.47. The number of hydrogen-bond donors (Lipinski definition) is 1. The van der Waals surface area contributed by atoms with E-state index in [4.69, 9.17) is 10.00 Å². The Labute approximate surface area is 74.0 Å². The number of nitrogens with zero attached hydrogens (tertiary/aromatic N) is 1. The van der Waals surface area contributed by atoms with Crippen LogP contribution in [-0.4, -0.2) is 23.4 Å².